The Bertz CT molecular complexity index is 666. The molecule has 7 heteroatoms. The number of hydrogen-bond donors (Lipinski definition) is 3. The lowest BCUT2D eigenvalue weighted by Crippen LogP contribution is -2.13. The number of carbonyl (C=O) groups excluding carboxylic acids is 1. The molecular formula is C13H10Cl2N2O3. The van der Waals surface area contributed by atoms with E-state index in [1.807, 2.05) is 0 Å². The first kappa shape index (κ1) is 14.4. The van der Waals surface area contributed by atoms with Crippen LogP contribution in [0.3, 0.4) is 0 Å². The van der Waals surface area contributed by atoms with Crippen molar-refractivity contribution in [3.8, 4) is 11.5 Å². The summed E-state index contributed by atoms with van der Waals surface area (Å²) in [5.41, 5.74) is 0.849. The van der Waals surface area contributed by atoms with Gasteiger partial charge in [0.2, 0.25) is 0 Å². The topological polar surface area (TPSA) is 82.5 Å². The Morgan fingerprint density at radius 3 is 2.60 bits per heavy atom. The third-order valence-electron chi connectivity index (χ3n) is 2.60. The van der Waals surface area contributed by atoms with Gasteiger partial charge in [-0.25, -0.2) is 4.98 Å². The van der Waals surface area contributed by atoms with Crippen molar-refractivity contribution in [2.75, 3.05) is 5.32 Å². The summed E-state index contributed by atoms with van der Waals surface area (Å²) in [4.78, 5) is 15.9. The maximum Gasteiger partial charge on any atom is 0.259 e. The first-order valence-corrected chi connectivity index (χ1v) is 6.30. The summed E-state index contributed by atoms with van der Waals surface area (Å²) >= 11 is 11.7. The summed E-state index contributed by atoms with van der Waals surface area (Å²) in [6, 6.07) is 5.19. The van der Waals surface area contributed by atoms with Gasteiger partial charge >= 0.3 is 0 Å². The summed E-state index contributed by atoms with van der Waals surface area (Å²) in [6.07, 6.45) is 0. The molecule has 0 atom stereocenters. The molecule has 1 amide bonds. The van der Waals surface area contributed by atoms with Crippen LogP contribution in [0.4, 0.5) is 5.69 Å². The van der Waals surface area contributed by atoms with Crippen molar-refractivity contribution in [3.63, 3.8) is 0 Å². The van der Waals surface area contributed by atoms with Gasteiger partial charge in [0.25, 0.3) is 5.91 Å². The van der Waals surface area contributed by atoms with Crippen LogP contribution >= 0.6 is 23.2 Å². The number of pyridine rings is 1. The molecule has 0 fully saturated rings. The molecule has 1 aromatic heterocycles. The first-order valence-electron chi connectivity index (χ1n) is 5.54. The standard InChI is InChI=1S/C13H10Cl2N2O3/c1-6-4-10(14)16-12(15)11(6)17-13(20)8-5-7(18)2-3-9(8)19/h2-5,18-19H,1H3,(H,17,20). The summed E-state index contributed by atoms with van der Waals surface area (Å²) in [5.74, 6) is -1.01. The number of aromatic hydroxyl groups is 2. The largest absolute Gasteiger partial charge is 0.508 e. The zero-order chi connectivity index (χ0) is 14.9. The van der Waals surface area contributed by atoms with Gasteiger partial charge in [0.1, 0.15) is 16.7 Å². The lowest BCUT2D eigenvalue weighted by Gasteiger charge is -2.11. The minimum Gasteiger partial charge on any atom is -0.508 e. The van der Waals surface area contributed by atoms with Crippen LogP contribution in [0.25, 0.3) is 0 Å². The number of nitrogens with one attached hydrogen (secondary N) is 1. The maximum absolute atomic E-state index is 12.1. The average molecular weight is 313 g/mol. The van der Waals surface area contributed by atoms with Crippen LogP contribution in [0.2, 0.25) is 10.3 Å². The quantitative estimate of drug-likeness (QED) is 0.586. The summed E-state index contributed by atoms with van der Waals surface area (Å²) in [5, 5.41) is 21.8. The SMILES string of the molecule is Cc1cc(Cl)nc(Cl)c1NC(=O)c1cc(O)ccc1O. The number of phenols is 2. The highest BCUT2D eigenvalue weighted by molar-refractivity contribution is 6.35. The van der Waals surface area contributed by atoms with Crippen molar-refractivity contribution in [1.29, 1.82) is 0 Å². The number of phenolic OH excluding ortho intramolecular Hbond substituents is 2. The fraction of sp³-hybridized carbons (Fsp3) is 0.0769. The van der Waals surface area contributed by atoms with Crippen LogP contribution in [0.15, 0.2) is 24.3 Å². The molecular weight excluding hydrogens is 303 g/mol. The van der Waals surface area contributed by atoms with Gasteiger partial charge in [-0.3, -0.25) is 4.79 Å². The molecule has 2 rings (SSSR count). The molecule has 1 aromatic carbocycles. The van der Waals surface area contributed by atoms with E-state index in [1.54, 1.807) is 13.0 Å². The van der Waals surface area contributed by atoms with Gasteiger partial charge in [-0.05, 0) is 36.8 Å². The Hall–Kier alpha value is -1.98. The Morgan fingerprint density at radius 2 is 1.95 bits per heavy atom. The molecule has 20 heavy (non-hydrogen) atoms. The van der Waals surface area contributed by atoms with Gasteiger partial charge in [0.05, 0.1) is 11.3 Å². The van der Waals surface area contributed by atoms with Gasteiger partial charge < -0.3 is 15.5 Å². The lowest BCUT2D eigenvalue weighted by atomic mass is 10.1. The molecule has 0 saturated heterocycles. The molecule has 0 aliphatic carbocycles. The van der Waals surface area contributed by atoms with Crippen LogP contribution in [0.5, 0.6) is 11.5 Å². The van der Waals surface area contributed by atoms with Crippen molar-refractivity contribution in [2.45, 2.75) is 6.92 Å². The molecule has 0 saturated carbocycles. The van der Waals surface area contributed by atoms with Crippen LogP contribution in [0.1, 0.15) is 15.9 Å². The second-order valence-electron chi connectivity index (χ2n) is 4.08. The van der Waals surface area contributed by atoms with Gasteiger partial charge in [0.15, 0.2) is 5.15 Å². The molecule has 3 N–H and O–H groups in total. The number of rotatable bonds is 2. The number of nitrogens with zero attached hydrogens (tertiary/aromatic N) is 1. The zero-order valence-electron chi connectivity index (χ0n) is 10.3. The zero-order valence-corrected chi connectivity index (χ0v) is 11.8. The minimum absolute atomic E-state index is 0.0444. The summed E-state index contributed by atoms with van der Waals surface area (Å²) in [7, 11) is 0. The highest BCUT2D eigenvalue weighted by Gasteiger charge is 2.16. The monoisotopic (exact) mass is 312 g/mol. The maximum atomic E-state index is 12.1. The minimum atomic E-state index is -0.618. The Balaban J connectivity index is 2.35. The van der Waals surface area contributed by atoms with Gasteiger partial charge in [-0.1, -0.05) is 23.2 Å². The van der Waals surface area contributed by atoms with Crippen molar-refractivity contribution < 1.29 is 15.0 Å². The predicted molar refractivity (Wildman–Crippen MR) is 76.7 cm³/mol. The molecule has 0 spiro atoms. The van der Waals surface area contributed by atoms with E-state index < -0.39 is 5.91 Å². The molecule has 104 valence electrons. The summed E-state index contributed by atoms with van der Waals surface area (Å²) < 4.78 is 0. The van der Waals surface area contributed by atoms with Crippen LogP contribution < -0.4 is 5.32 Å². The van der Waals surface area contributed by atoms with E-state index in [9.17, 15) is 15.0 Å². The van der Waals surface area contributed by atoms with Gasteiger partial charge in [-0.2, -0.15) is 0 Å². The Labute approximate surface area is 124 Å². The number of amides is 1. The average Bonchev–Trinajstić information content (AvgIpc) is 2.36. The molecule has 0 unspecified atom stereocenters. The molecule has 0 radical (unpaired) electrons. The lowest BCUT2D eigenvalue weighted by molar-refractivity contribution is 0.102. The van der Waals surface area contributed by atoms with Crippen molar-refractivity contribution >= 4 is 34.8 Å². The molecule has 2 aromatic rings. The number of carbonyl (C=O) groups is 1. The molecule has 5 nitrogen and oxygen atoms in total. The molecule has 0 aliphatic rings. The second kappa shape index (κ2) is 5.56. The number of aryl methyl sites for hydroxylation is 1. The number of benzene rings is 1. The van der Waals surface area contributed by atoms with E-state index in [-0.39, 0.29) is 27.4 Å². The number of anilines is 1. The fourth-order valence-corrected chi connectivity index (χ4v) is 2.21. The van der Waals surface area contributed by atoms with Gasteiger partial charge in [0, 0.05) is 0 Å². The second-order valence-corrected chi connectivity index (χ2v) is 4.83. The predicted octanol–water partition coefficient (Wildman–Crippen LogP) is 3.36. The van der Waals surface area contributed by atoms with E-state index in [4.69, 9.17) is 23.2 Å². The van der Waals surface area contributed by atoms with E-state index >= 15 is 0 Å². The van der Waals surface area contributed by atoms with Crippen molar-refractivity contribution in [3.05, 3.63) is 45.7 Å². The van der Waals surface area contributed by atoms with E-state index in [0.29, 0.717) is 11.3 Å². The smallest absolute Gasteiger partial charge is 0.259 e. The number of halogens is 2. The highest BCUT2D eigenvalue weighted by atomic mass is 35.5. The third-order valence-corrected chi connectivity index (χ3v) is 3.07. The highest BCUT2D eigenvalue weighted by Crippen LogP contribution is 2.28. The van der Waals surface area contributed by atoms with Crippen molar-refractivity contribution in [1.82, 2.24) is 4.98 Å². The third kappa shape index (κ3) is 2.95. The molecule has 0 aliphatic heterocycles. The van der Waals surface area contributed by atoms with Gasteiger partial charge in [-0.15, -0.1) is 0 Å². The van der Waals surface area contributed by atoms with E-state index in [0.717, 1.165) is 6.07 Å². The fourth-order valence-electron chi connectivity index (χ4n) is 1.63. The number of aromatic nitrogens is 1. The molecule has 0 bridgehead atoms. The molecule has 1 heterocycles. The summed E-state index contributed by atoms with van der Waals surface area (Å²) in [6.45, 7) is 1.71. The van der Waals surface area contributed by atoms with Crippen LogP contribution in [-0.2, 0) is 0 Å². The first-order chi connectivity index (χ1) is 9.38. The van der Waals surface area contributed by atoms with Crippen LogP contribution in [0, 0.1) is 6.92 Å². The van der Waals surface area contributed by atoms with E-state index in [2.05, 4.69) is 10.3 Å². The number of hydrogen-bond acceptors (Lipinski definition) is 4. The normalized spacial score (nSPS) is 10.3. The Morgan fingerprint density at radius 1 is 1.25 bits per heavy atom. The van der Waals surface area contributed by atoms with E-state index in [1.165, 1.54) is 12.1 Å². The van der Waals surface area contributed by atoms with Crippen LogP contribution in [-0.4, -0.2) is 21.1 Å². The van der Waals surface area contributed by atoms with Crippen molar-refractivity contribution in [2.24, 2.45) is 0 Å². The Kier molecular flexibility index (Phi) is 4.01.